The largest absolute Gasteiger partial charge is 0.474 e. The average molecular weight is 340 g/mol. The lowest BCUT2D eigenvalue weighted by molar-refractivity contribution is -0.0440. The van der Waals surface area contributed by atoms with Crippen LogP contribution in [0.5, 0.6) is 5.88 Å². The van der Waals surface area contributed by atoms with Gasteiger partial charge in [0.1, 0.15) is 6.10 Å². The van der Waals surface area contributed by atoms with Gasteiger partial charge in [-0.3, -0.25) is 0 Å². The number of benzene rings is 1. The van der Waals surface area contributed by atoms with Crippen LogP contribution in [-0.4, -0.2) is 37.4 Å². The number of hydrogen-bond acceptors (Lipinski definition) is 5. The maximum absolute atomic E-state index is 6.09. The molecule has 4 rings (SSSR count). The smallest absolute Gasteiger partial charge is 0.214 e. The Morgan fingerprint density at radius 2 is 2.00 bits per heavy atom. The summed E-state index contributed by atoms with van der Waals surface area (Å²) in [5, 5.41) is 3.39. The van der Waals surface area contributed by atoms with Gasteiger partial charge in [-0.1, -0.05) is 24.3 Å². The standard InChI is InChI=1S/C20H24N2O3/c1-14(17-8-9-21-13-17)25-19-7-3-6-18(22-19)15-4-2-5-16(12-15)20-23-10-11-24-20/h2-7,12,14,17,20-21H,8-11,13H2,1H3/t14-,17?/m0/s1. The molecule has 1 N–H and O–H groups in total. The summed E-state index contributed by atoms with van der Waals surface area (Å²) in [5.41, 5.74) is 2.96. The summed E-state index contributed by atoms with van der Waals surface area (Å²) in [4.78, 5) is 4.70. The monoisotopic (exact) mass is 340 g/mol. The Kier molecular flexibility index (Phi) is 4.97. The third-order valence-corrected chi connectivity index (χ3v) is 4.87. The second-order valence-electron chi connectivity index (χ2n) is 6.64. The Labute approximate surface area is 148 Å². The van der Waals surface area contributed by atoms with E-state index < -0.39 is 0 Å². The van der Waals surface area contributed by atoms with Crippen molar-refractivity contribution in [3.05, 3.63) is 48.0 Å². The maximum atomic E-state index is 6.09. The van der Waals surface area contributed by atoms with E-state index in [1.165, 1.54) is 0 Å². The van der Waals surface area contributed by atoms with E-state index in [2.05, 4.69) is 24.4 Å². The summed E-state index contributed by atoms with van der Waals surface area (Å²) in [6.45, 7) is 5.50. The second kappa shape index (κ2) is 7.52. The van der Waals surface area contributed by atoms with Crippen LogP contribution in [0.1, 0.15) is 25.2 Å². The van der Waals surface area contributed by atoms with Gasteiger partial charge in [-0.2, -0.15) is 0 Å². The van der Waals surface area contributed by atoms with Crippen LogP contribution in [0.25, 0.3) is 11.3 Å². The predicted molar refractivity (Wildman–Crippen MR) is 95.4 cm³/mol. The second-order valence-corrected chi connectivity index (χ2v) is 6.64. The minimum Gasteiger partial charge on any atom is -0.474 e. The zero-order valence-corrected chi connectivity index (χ0v) is 14.5. The Morgan fingerprint density at radius 3 is 2.80 bits per heavy atom. The van der Waals surface area contributed by atoms with Crippen LogP contribution < -0.4 is 10.1 Å². The molecule has 132 valence electrons. The van der Waals surface area contributed by atoms with Gasteiger partial charge in [0.15, 0.2) is 6.29 Å². The Morgan fingerprint density at radius 1 is 1.16 bits per heavy atom. The lowest BCUT2D eigenvalue weighted by Gasteiger charge is -2.19. The normalized spacial score (nSPS) is 22.2. The van der Waals surface area contributed by atoms with Gasteiger partial charge >= 0.3 is 0 Å². The first kappa shape index (κ1) is 16.5. The van der Waals surface area contributed by atoms with Gasteiger partial charge < -0.3 is 19.5 Å². The highest BCUT2D eigenvalue weighted by Crippen LogP contribution is 2.28. The van der Waals surface area contributed by atoms with E-state index in [4.69, 9.17) is 19.2 Å². The highest BCUT2D eigenvalue weighted by Gasteiger charge is 2.23. The first-order chi connectivity index (χ1) is 12.3. The molecule has 2 aromatic rings. The zero-order chi connectivity index (χ0) is 17.1. The number of aromatic nitrogens is 1. The van der Waals surface area contributed by atoms with Gasteiger partial charge in [-0.05, 0) is 32.0 Å². The highest BCUT2D eigenvalue weighted by molar-refractivity contribution is 5.60. The van der Waals surface area contributed by atoms with Crippen LogP contribution in [0.15, 0.2) is 42.5 Å². The molecule has 5 heteroatoms. The van der Waals surface area contributed by atoms with Crippen molar-refractivity contribution in [2.75, 3.05) is 26.3 Å². The SMILES string of the molecule is C[C@H](Oc1cccc(-c2cccc(C3OCCO3)c2)n1)C1CCNC1. The summed E-state index contributed by atoms with van der Waals surface area (Å²) in [7, 11) is 0. The van der Waals surface area contributed by atoms with Crippen LogP contribution in [0.4, 0.5) is 0 Å². The molecule has 0 amide bonds. The Bertz CT molecular complexity index is 710. The molecule has 1 aromatic carbocycles. The van der Waals surface area contributed by atoms with E-state index in [-0.39, 0.29) is 12.4 Å². The number of nitrogens with zero attached hydrogens (tertiary/aromatic N) is 1. The van der Waals surface area contributed by atoms with E-state index in [1.54, 1.807) is 0 Å². The first-order valence-corrected chi connectivity index (χ1v) is 8.97. The van der Waals surface area contributed by atoms with Crippen molar-refractivity contribution in [1.82, 2.24) is 10.3 Å². The van der Waals surface area contributed by atoms with Crippen molar-refractivity contribution >= 4 is 0 Å². The van der Waals surface area contributed by atoms with Crippen molar-refractivity contribution in [3.63, 3.8) is 0 Å². The van der Waals surface area contributed by atoms with Gasteiger partial charge in [-0.25, -0.2) is 4.98 Å². The molecular formula is C20H24N2O3. The quantitative estimate of drug-likeness (QED) is 0.906. The molecule has 25 heavy (non-hydrogen) atoms. The van der Waals surface area contributed by atoms with Crippen molar-refractivity contribution in [1.29, 1.82) is 0 Å². The van der Waals surface area contributed by atoms with Gasteiger partial charge in [-0.15, -0.1) is 0 Å². The summed E-state index contributed by atoms with van der Waals surface area (Å²) in [6.07, 6.45) is 1.04. The van der Waals surface area contributed by atoms with Crippen LogP contribution >= 0.6 is 0 Å². The number of nitrogens with one attached hydrogen (secondary N) is 1. The lowest BCUT2D eigenvalue weighted by atomic mass is 10.0. The fourth-order valence-electron chi connectivity index (χ4n) is 3.40. The Hall–Kier alpha value is -1.95. The molecule has 0 radical (unpaired) electrons. The van der Waals surface area contributed by atoms with Crippen LogP contribution in [0.2, 0.25) is 0 Å². The van der Waals surface area contributed by atoms with E-state index in [9.17, 15) is 0 Å². The molecule has 1 aromatic heterocycles. The van der Waals surface area contributed by atoms with Gasteiger partial charge in [0.05, 0.1) is 18.9 Å². The average Bonchev–Trinajstić information content (AvgIpc) is 3.36. The highest BCUT2D eigenvalue weighted by atomic mass is 16.7. The molecule has 0 saturated carbocycles. The van der Waals surface area contributed by atoms with Crippen molar-refractivity contribution < 1.29 is 14.2 Å². The molecule has 0 spiro atoms. The van der Waals surface area contributed by atoms with Crippen LogP contribution in [0, 0.1) is 5.92 Å². The number of ether oxygens (including phenoxy) is 3. The van der Waals surface area contributed by atoms with E-state index in [0.29, 0.717) is 25.0 Å². The minimum atomic E-state index is -0.269. The van der Waals surface area contributed by atoms with Crippen molar-refractivity contribution in [3.8, 4) is 17.1 Å². The van der Waals surface area contributed by atoms with E-state index >= 15 is 0 Å². The Balaban J connectivity index is 1.51. The van der Waals surface area contributed by atoms with Gasteiger partial charge in [0, 0.05) is 29.7 Å². The fourth-order valence-corrected chi connectivity index (χ4v) is 3.40. The first-order valence-electron chi connectivity index (χ1n) is 8.97. The molecule has 2 saturated heterocycles. The fraction of sp³-hybridized carbons (Fsp3) is 0.450. The summed E-state index contributed by atoms with van der Waals surface area (Å²) >= 11 is 0. The molecule has 2 aliphatic heterocycles. The molecule has 0 bridgehead atoms. The van der Waals surface area contributed by atoms with Crippen molar-refractivity contribution in [2.24, 2.45) is 5.92 Å². The minimum absolute atomic E-state index is 0.157. The van der Waals surface area contributed by atoms with Crippen molar-refractivity contribution in [2.45, 2.75) is 25.7 Å². The third-order valence-electron chi connectivity index (χ3n) is 4.87. The van der Waals surface area contributed by atoms with E-state index in [0.717, 1.165) is 36.3 Å². The van der Waals surface area contributed by atoms with Gasteiger partial charge in [0.25, 0.3) is 0 Å². The van der Waals surface area contributed by atoms with E-state index in [1.807, 2.05) is 30.3 Å². The van der Waals surface area contributed by atoms with Crippen LogP contribution in [-0.2, 0) is 9.47 Å². The zero-order valence-electron chi connectivity index (χ0n) is 14.5. The maximum Gasteiger partial charge on any atom is 0.214 e. The van der Waals surface area contributed by atoms with Crippen LogP contribution in [0.3, 0.4) is 0 Å². The molecule has 5 nitrogen and oxygen atoms in total. The lowest BCUT2D eigenvalue weighted by Crippen LogP contribution is -2.25. The number of rotatable bonds is 5. The number of hydrogen-bond donors (Lipinski definition) is 1. The predicted octanol–water partition coefficient (Wildman–Crippen LogP) is 3.17. The third kappa shape index (κ3) is 3.84. The molecule has 2 aliphatic rings. The molecule has 2 fully saturated rings. The molecule has 0 aliphatic carbocycles. The van der Waals surface area contributed by atoms with Gasteiger partial charge in [0.2, 0.25) is 5.88 Å². The summed E-state index contributed by atoms with van der Waals surface area (Å²) in [5.74, 6) is 1.22. The molecule has 1 unspecified atom stereocenters. The summed E-state index contributed by atoms with van der Waals surface area (Å²) < 4.78 is 17.3. The topological polar surface area (TPSA) is 52.6 Å². The summed E-state index contributed by atoms with van der Waals surface area (Å²) in [6, 6.07) is 14.1. The number of pyridine rings is 1. The molecular weight excluding hydrogens is 316 g/mol. The molecule has 2 atom stereocenters. The molecule has 3 heterocycles.